The number of nitrogens with one attached hydrogen (secondary N) is 2. The first-order valence-corrected chi connectivity index (χ1v) is 7.16. The predicted molar refractivity (Wildman–Crippen MR) is 61.9 cm³/mol. The molecule has 0 spiro atoms. The Bertz CT molecular complexity index is 437. The van der Waals surface area contributed by atoms with Gasteiger partial charge in [-0.1, -0.05) is 0 Å². The highest BCUT2D eigenvalue weighted by Crippen LogP contribution is 2.19. The van der Waals surface area contributed by atoms with E-state index in [1.165, 1.54) is 12.5 Å². The molecule has 1 fully saturated rings. The maximum absolute atomic E-state index is 11.9. The van der Waals surface area contributed by atoms with Crippen LogP contribution in [0.25, 0.3) is 0 Å². The summed E-state index contributed by atoms with van der Waals surface area (Å²) >= 11 is 0. The Hall–Kier alpha value is -0.920. The van der Waals surface area contributed by atoms with Gasteiger partial charge in [0, 0.05) is 19.3 Å². The Morgan fingerprint density at radius 2 is 2.24 bits per heavy atom. The Kier molecular flexibility index (Phi) is 3.80. The van der Waals surface area contributed by atoms with E-state index < -0.39 is 10.0 Å². The summed E-state index contributed by atoms with van der Waals surface area (Å²) in [6.07, 6.45) is 4.45. The van der Waals surface area contributed by atoms with Gasteiger partial charge in [0.25, 0.3) is 10.0 Å². The molecule has 1 saturated heterocycles. The zero-order chi connectivity index (χ0) is 12.3. The van der Waals surface area contributed by atoms with Crippen LogP contribution in [-0.4, -0.2) is 37.6 Å². The Morgan fingerprint density at radius 1 is 1.53 bits per heavy atom. The summed E-state index contributed by atoms with van der Waals surface area (Å²) in [6, 6.07) is -0.0906. The van der Waals surface area contributed by atoms with Crippen molar-refractivity contribution in [2.24, 2.45) is 5.92 Å². The van der Waals surface area contributed by atoms with Gasteiger partial charge in [-0.2, -0.15) is 0 Å². The first-order chi connectivity index (χ1) is 8.09. The number of aromatic amines is 1. The van der Waals surface area contributed by atoms with E-state index in [9.17, 15) is 8.42 Å². The number of ether oxygens (including phenoxy) is 1. The minimum absolute atomic E-state index is 0.0906. The van der Waals surface area contributed by atoms with Gasteiger partial charge in [0.1, 0.15) is 0 Å². The molecule has 7 heteroatoms. The summed E-state index contributed by atoms with van der Waals surface area (Å²) in [7, 11) is -3.47. The van der Waals surface area contributed by atoms with E-state index >= 15 is 0 Å². The van der Waals surface area contributed by atoms with Gasteiger partial charge in [-0.15, -0.1) is 0 Å². The molecule has 2 heterocycles. The molecule has 6 nitrogen and oxygen atoms in total. The molecule has 1 atom stereocenters. The van der Waals surface area contributed by atoms with Crippen molar-refractivity contribution < 1.29 is 13.2 Å². The summed E-state index contributed by atoms with van der Waals surface area (Å²) < 4.78 is 31.8. The topological polar surface area (TPSA) is 84.1 Å². The van der Waals surface area contributed by atoms with Crippen molar-refractivity contribution in [3.05, 3.63) is 12.5 Å². The maximum Gasteiger partial charge on any atom is 0.257 e. The molecule has 0 saturated carbocycles. The van der Waals surface area contributed by atoms with E-state index in [0.29, 0.717) is 19.1 Å². The van der Waals surface area contributed by atoms with E-state index in [-0.39, 0.29) is 11.1 Å². The van der Waals surface area contributed by atoms with Crippen LogP contribution in [0.1, 0.15) is 19.8 Å². The van der Waals surface area contributed by atoms with Crippen LogP contribution in [0.5, 0.6) is 0 Å². The number of aromatic nitrogens is 2. The monoisotopic (exact) mass is 259 g/mol. The quantitative estimate of drug-likeness (QED) is 0.825. The van der Waals surface area contributed by atoms with Crippen LogP contribution in [-0.2, 0) is 14.8 Å². The maximum atomic E-state index is 11.9. The van der Waals surface area contributed by atoms with E-state index in [1.54, 1.807) is 0 Å². The molecule has 17 heavy (non-hydrogen) atoms. The molecule has 2 N–H and O–H groups in total. The molecular weight excluding hydrogens is 242 g/mol. The molecule has 0 aromatic carbocycles. The van der Waals surface area contributed by atoms with E-state index in [2.05, 4.69) is 14.7 Å². The first kappa shape index (κ1) is 12.5. The van der Waals surface area contributed by atoms with Gasteiger partial charge in [-0.05, 0) is 25.7 Å². The van der Waals surface area contributed by atoms with Crippen LogP contribution < -0.4 is 4.72 Å². The van der Waals surface area contributed by atoms with Crippen molar-refractivity contribution in [1.82, 2.24) is 14.7 Å². The lowest BCUT2D eigenvalue weighted by molar-refractivity contribution is 0.0585. The molecule has 1 aliphatic rings. The van der Waals surface area contributed by atoms with Crippen LogP contribution in [0.15, 0.2) is 17.6 Å². The highest BCUT2D eigenvalue weighted by atomic mass is 32.2. The average Bonchev–Trinajstić information content (AvgIpc) is 2.84. The number of nitrogens with zero attached hydrogens (tertiary/aromatic N) is 1. The van der Waals surface area contributed by atoms with Crippen molar-refractivity contribution in [3.63, 3.8) is 0 Å². The average molecular weight is 259 g/mol. The minimum atomic E-state index is -3.47. The summed E-state index contributed by atoms with van der Waals surface area (Å²) in [5.74, 6) is 0.335. The molecule has 2 rings (SSSR count). The number of sulfonamides is 1. The molecule has 1 aliphatic heterocycles. The molecule has 0 aliphatic carbocycles. The number of H-pyrrole nitrogens is 1. The van der Waals surface area contributed by atoms with Crippen LogP contribution >= 0.6 is 0 Å². The van der Waals surface area contributed by atoms with Gasteiger partial charge in [0.05, 0.1) is 12.5 Å². The normalized spacial score (nSPS) is 20.3. The highest BCUT2D eigenvalue weighted by Gasteiger charge is 2.25. The van der Waals surface area contributed by atoms with Crippen molar-refractivity contribution >= 4 is 10.0 Å². The molecule has 1 aromatic heterocycles. The number of hydrogen-bond acceptors (Lipinski definition) is 4. The van der Waals surface area contributed by atoms with E-state index in [4.69, 9.17) is 4.74 Å². The van der Waals surface area contributed by atoms with E-state index in [1.807, 2.05) is 6.92 Å². The fourth-order valence-electron chi connectivity index (χ4n) is 2.01. The second kappa shape index (κ2) is 5.16. The number of imidazole rings is 1. The second-order valence-corrected chi connectivity index (χ2v) is 5.96. The molecule has 0 amide bonds. The minimum Gasteiger partial charge on any atom is -0.381 e. The van der Waals surface area contributed by atoms with E-state index in [0.717, 1.165) is 12.8 Å². The Balaban J connectivity index is 2.00. The molecular formula is C10H17N3O3S. The fourth-order valence-corrected chi connectivity index (χ4v) is 3.23. The smallest absolute Gasteiger partial charge is 0.257 e. The van der Waals surface area contributed by atoms with Gasteiger partial charge >= 0.3 is 0 Å². The molecule has 96 valence electrons. The van der Waals surface area contributed by atoms with Crippen molar-refractivity contribution in [2.75, 3.05) is 13.2 Å². The lowest BCUT2D eigenvalue weighted by Gasteiger charge is -2.27. The van der Waals surface area contributed by atoms with Gasteiger partial charge in [-0.3, -0.25) is 0 Å². The van der Waals surface area contributed by atoms with Crippen LogP contribution in [0, 0.1) is 5.92 Å². The molecule has 0 bridgehead atoms. The molecule has 0 radical (unpaired) electrons. The van der Waals surface area contributed by atoms with Crippen LogP contribution in [0.2, 0.25) is 0 Å². The predicted octanol–water partition coefficient (Wildman–Crippen LogP) is 0.503. The van der Waals surface area contributed by atoms with Gasteiger partial charge in [-0.25, -0.2) is 18.1 Å². The fraction of sp³-hybridized carbons (Fsp3) is 0.700. The van der Waals surface area contributed by atoms with Gasteiger partial charge in [0.15, 0.2) is 5.03 Å². The summed E-state index contributed by atoms with van der Waals surface area (Å²) in [5, 5.41) is 0.108. The Labute approximate surface area is 101 Å². The van der Waals surface area contributed by atoms with Crippen LogP contribution in [0.3, 0.4) is 0 Å². The summed E-state index contributed by atoms with van der Waals surface area (Å²) in [4.78, 5) is 6.31. The molecule has 1 unspecified atom stereocenters. The zero-order valence-corrected chi connectivity index (χ0v) is 10.5. The summed E-state index contributed by atoms with van der Waals surface area (Å²) in [5.41, 5.74) is 0. The van der Waals surface area contributed by atoms with Crippen LogP contribution in [0.4, 0.5) is 0 Å². The zero-order valence-electron chi connectivity index (χ0n) is 9.72. The lowest BCUT2D eigenvalue weighted by Crippen LogP contribution is -2.40. The third-order valence-corrected chi connectivity index (χ3v) is 4.56. The summed E-state index contributed by atoms with van der Waals surface area (Å²) in [6.45, 7) is 3.31. The Morgan fingerprint density at radius 3 is 2.82 bits per heavy atom. The highest BCUT2D eigenvalue weighted by molar-refractivity contribution is 7.89. The molecule has 1 aromatic rings. The first-order valence-electron chi connectivity index (χ1n) is 5.68. The number of hydrogen-bond donors (Lipinski definition) is 2. The standard InChI is InChI=1S/C10H17N3O3S/c1-8(9-2-4-16-5-3-9)13-17(14,15)10-6-11-7-12-10/h6-9,13H,2-5H2,1H3,(H,11,12). The number of rotatable bonds is 4. The lowest BCUT2D eigenvalue weighted by atomic mass is 9.94. The van der Waals surface area contributed by atoms with Gasteiger partial charge < -0.3 is 9.72 Å². The van der Waals surface area contributed by atoms with Crippen molar-refractivity contribution in [2.45, 2.75) is 30.8 Å². The van der Waals surface area contributed by atoms with Crippen molar-refractivity contribution in [1.29, 1.82) is 0 Å². The second-order valence-electron chi connectivity index (χ2n) is 4.28. The van der Waals surface area contributed by atoms with Crippen molar-refractivity contribution in [3.8, 4) is 0 Å². The SMILES string of the molecule is CC(NS(=O)(=O)c1cnc[nH]1)C1CCOCC1. The van der Waals surface area contributed by atoms with Gasteiger partial charge in [0.2, 0.25) is 0 Å². The third-order valence-electron chi connectivity index (χ3n) is 3.08. The third kappa shape index (κ3) is 3.05. The largest absolute Gasteiger partial charge is 0.381 e.